The average Bonchev–Trinajstić information content (AvgIpc) is 3.29. The molecule has 0 saturated carbocycles. The first-order valence-electron chi connectivity index (χ1n) is 13.3. The highest BCUT2D eigenvalue weighted by molar-refractivity contribution is 5.94. The lowest BCUT2D eigenvalue weighted by molar-refractivity contribution is 0.0985. The van der Waals surface area contributed by atoms with Crippen LogP contribution in [0, 0.1) is 0 Å². The molecule has 10 heteroatoms. The number of hydrogen-bond donors (Lipinski definition) is 1. The van der Waals surface area contributed by atoms with E-state index in [1.807, 2.05) is 42.3 Å². The van der Waals surface area contributed by atoms with E-state index in [4.69, 9.17) is 20.6 Å². The van der Waals surface area contributed by atoms with Gasteiger partial charge in [0.1, 0.15) is 5.84 Å². The van der Waals surface area contributed by atoms with E-state index in [2.05, 4.69) is 36.9 Å². The van der Waals surface area contributed by atoms with Crippen LogP contribution in [0.15, 0.2) is 46.5 Å². The third-order valence-electron chi connectivity index (χ3n) is 7.18. The molecule has 0 spiro atoms. The molecule has 0 bridgehead atoms. The van der Waals surface area contributed by atoms with Crippen LogP contribution in [-0.2, 0) is 24.6 Å². The van der Waals surface area contributed by atoms with Gasteiger partial charge in [0.15, 0.2) is 0 Å². The second kappa shape index (κ2) is 12.4. The Morgan fingerprint density at radius 2 is 1.84 bits per heavy atom. The molecule has 1 saturated heterocycles. The summed E-state index contributed by atoms with van der Waals surface area (Å²) >= 11 is 0. The fraction of sp³-hybridized carbons (Fsp3) is 0.464. The van der Waals surface area contributed by atoms with Crippen molar-refractivity contribution in [3.63, 3.8) is 0 Å². The zero-order chi connectivity index (χ0) is 26.3. The van der Waals surface area contributed by atoms with E-state index < -0.39 is 0 Å². The van der Waals surface area contributed by atoms with Crippen molar-refractivity contribution in [2.24, 2.45) is 22.8 Å². The van der Waals surface area contributed by atoms with Crippen LogP contribution in [-0.4, -0.2) is 101 Å². The molecule has 2 aromatic heterocycles. The third kappa shape index (κ3) is 6.15. The Morgan fingerprint density at radius 3 is 2.61 bits per heavy atom. The first-order valence-corrected chi connectivity index (χ1v) is 13.3. The highest BCUT2D eigenvalue weighted by Gasteiger charge is 2.27. The number of nitrogens with zero attached hydrogens (tertiary/aromatic N) is 8. The molecule has 1 fully saturated rings. The maximum Gasteiger partial charge on any atom is 0.251 e. The molecule has 3 heterocycles. The van der Waals surface area contributed by atoms with Gasteiger partial charge in [-0.25, -0.2) is 9.97 Å². The highest BCUT2D eigenvalue weighted by atomic mass is 16.5. The summed E-state index contributed by atoms with van der Waals surface area (Å²) in [5.41, 5.74) is 12.5. The average molecular weight is 516 g/mol. The maximum atomic E-state index is 6.22. The van der Waals surface area contributed by atoms with Crippen LogP contribution >= 0.6 is 0 Å². The van der Waals surface area contributed by atoms with Crippen LogP contribution in [0.2, 0.25) is 0 Å². The number of ether oxygens (including phenoxy) is 1. The van der Waals surface area contributed by atoms with Crippen molar-refractivity contribution < 1.29 is 4.74 Å². The first-order chi connectivity index (χ1) is 18.6. The zero-order valence-electron chi connectivity index (χ0n) is 22.4. The standard InChI is InChI=1S/C28H37N9O/c1-35-27(21-6-4-3-5-7-21)25-23(34-35)9-8-22-20-31-28(33-26(22)25)32-24(29)10-11-30-12-13-36-14-16-37(17-15-36)18-19-38-2/h3-7,11,20H,8-10,12-19H2,1-2H3,(H2,29,31,32,33). The lowest BCUT2D eigenvalue weighted by Crippen LogP contribution is -2.47. The summed E-state index contributed by atoms with van der Waals surface area (Å²) < 4.78 is 7.13. The largest absolute Gasteiger partial charge is 0.387 e. The van der Waals surface area contributed by atoms with Crippen LogP contribution in [0.25, 0.3) is 22.5 Å². The molecule has 2 aliphatic rings. The molecule has 3 aromatic rings. The summed E-state index contributed by atoms with van der Waals surface area (Å²) in [7, 11) is 3.74. The first kappa shape index (κ1) is 26.1. The third-order valence-corrected chi connectivity index (χ3v) is 7.18. The number of rotatable bonds is 10. The van der Waals surface area contributed by atoms with Crippen LogP contribution in [0.4, 0.5) is 5.95 Å². The topological polar surface area (TPSA) is 110 Å². The predicted octanol–water partition coefficient (Wildman–Crippen LogP) is 2.36. The molecule has 0 amide bonds. The second-order valence-corrected chi connectivity index (χ2v) is 9.78. The van der Waals surface area contributed by atoms with Gasteiger partial charge in [0.2, 0.25) is 0 Å². The second-order valence-electron chi connectivity index (χ2n) is 9.78. The molecule has 0 radical (unpaired) electrons. The Kier molecular flexibility index (Phi) is 8.52. The lowest BCUT2D eigenvalue weighted by atomic mass is 9.91. The van der Waals surface area contributed by atoms with Gasteiger partial charge in [0.25, 0.3) is 5.95 Å². The van der Waals surface area contributed by atoms with Gasteiger partial charge < -0.3 is 10.5 Å². The van der Waals surface area contributed by atoms with Gasteiger partial charge in [-0.2, -0.15) is 10.1 Å². The quantitative estimate of drug-likeness (QED) is 0.326. The molecule has 0 atom stereocenters. The number of fused-ring (bicyclic) bond motifs is 3. The van der Waals surface area contributed by atoms with Crippen molar-refractivity contribution in [1.29, 1.82) is 0 Å². The molecule has 1 aliphatic carbocycles. The number of amidine groups is 1. The number of benzene rings is 1. The molecule has 38 heavy (non-hydrogen) atoms. The monoisotopic (exact) mass is 515 g/mol. The molecule has 0 unspecified atom stereocenters. The summed E-state index contributed by atoms with van der Waals surface area (Å²) in [6, 6.07) is 10.3. The number of hydrogen-bond acceptors (Lipinski definition) is 8. The lowest BCUT2D eigenvalue weighted by Gasteiger charge is -2.34. The van der Waals surface area contributed by atoms with E-state index in [0.29, 0.717) is 18.2 Å². The van der Waals surface area contributed by atoms with Gasteiger partial charge in [-0.05, 0) is 18.4 Å². The fourth-order valence-corrected chi connectivity index (χ4v) is 5.11. The van der Waals surface area contributed by atoms with E-state index in [1.165, 1.54) is 0 Å². The Bertz CT molecular complexity index is 1280. The van der Waals surface area contributed by atoms with Gasteiger partial charge in [-0.15, -0.1) is 0 Å². The minimum Gasteiger partial charge on any atom is -0.387 e. The Balaban J connectivity index is 1.20. The van der Waals surface area contributed by atoms with Crippen LogP contribution < -0.4 is 5.73 Å². The molecule has 5 rings (SSSR count). The molecule has 2 N–H and O–H groups in total. The van der Waals surface area contributed by atoms with E-state index >= 15 is 0 Å². The van der Waals surface area contributed by atoms with Gasteiger partial charge >= 0.3 is 0 Å². The van der Waals surface area contributed by atoms with E-state index in [-0.39, 0.29) is 0 Å². The van der Waals surface area contributed by atoms with Crippen molar-refractivity contribution in [3.05, 3.63) is 47.8 Å². The van der Waals surface area contributed by atoms with Crippen LogP contribution in [0.1, 0.15) is 17.7 Å². The molecule has 200 valence electrons. The summed E-state index contributed by atoms with van der Waals surface area (Å²) in [5, 5.41) is 4.79. The normalized spacial score (nSPS) is 16.6. The summed E-state index contributed by atoms with van der Waals surface area (Å²) in [5.74, 6) is 0.822. The molecular formula is C28H37N9O. The number of aryl methyl sites for hydroxylation is 3. The van der Waals surface area contributed by atoms with E-state index in [1.54, 1.807) is 7.11 Å². The van der Waals surface area contributed by atoms with Crippen molar-refractivity contribution in [3.8, 4) is 22.5 Å². The zero-order valence-corrected chi connectivity index (χ0v) is 22.4. The summed E-state index contributed by atoms with van der Waals surface area (Å²) in [4.78, 5) is 23.3. The Hall–Kier alpha value is -3.47. The highest BCUT2D eigenvalue weighted by Crippen LogP contribution is 2.39. The minimum atomic E-state index is 0.372. The number of aliphatic imine (C=N–C) groups is 2. The molecule has 1 aromatic carbocycles. The number of methoxy groups -OCH3 is 1. The SMILES string of the molecule is COCCN1CCN(CCN=CCC(N)=Nc2ncc3c(n2)-c2c(nn(C)c2-c2ccccc2)CC3)CC1. The smallest absolute Gasteiger partial charge is 0.251 e. The van der Waals surface area contributed by atoms with Gasteiger partial charge in [0.05, 0.1) is 30.2 Å². The fourth-order valence-electron chi connectivity index (χ4n) is 5.11. The number of aromatic nitrogens is 4. The maximum absolute atomic E-state index is 6.22. The van der Waals surface area contributed by atoms with Gasteiger partial charge in [0, 0.05) is 83.4 Å². The van der Waals surface area contributed by atoms with Gasteiger partial charge in [-0.3, -0.25) is 19.5 Å². The van der Waals surface area contributed by atoms with Crippen molar-refractivity contribution in [2.75, 3.05) is 59.5 Å². The van der Waals surface area contributed by atoms with E-state index in [0.717, 1.165) is 99.0 Å². The number of nitrogens with two attached hydrogens (primary N) is 1. The van der Waals surface area contributed by atoms with E-state index in [9.17, 15) is 0 Å². The van der Waals surface area contributed by atoms with Crippen LogP contribution in [0.5, 0.6) is 0 Å². The Morgan fingerprint density at radius 1 is 1.08 bits per heavy atom. The number of piperazine rings is 1. The Labute approximate surface area is 224 Å². The van der Waals surface area contributed by atoms with Crippen molar-refractivity contribution in [2.45, 2.75) is 19.3 Å². The van der Waals surface area contributed by atoms with Crippen molar-refractivity contribution >= 4 is 18.0 Å². The predicted molar refractivity (Wildman–Crippen MR) is 151 cm³/mol. The minimum absolute atomic E-state index is 0.372. The van der Waals surface area contributed by atoms with Crippen LogP contribution in [0.3, 0.4) is 0 Å². The van der Waals surface area contributed by atoms with Gasteiger partial charge in [-0.1, -0.05) is 30.3 Å². The molecular weight excluding hydrogens is 478 g/mol. The molecule has 10 nitrogen and oxygen atoms in total. The summed E-state index contributed by atoms with van der Waals surface area (Å²) in [6.07, 6.45) is 5.93. The summed E-state index contributed by atoms with van der Waals surface area (Å²) in [6.45, 7) is 7.83. The van der Waals surface area contributed by atoms with Crippen molar-refractivity contribution in [1.82, 2.24) is 29.5 Å². The molecule has 1 aliphatic heterocycles.